The van der Waals surface area contributed by atoms with Gasteiger partial charge in [-0.25, -0.2) is 0 Å². The molecule has 2 N–H and O–H groups in total. The summed E-state index contributed by atoms with van der Waals surface area (Å²) in [6, 6.07) is 8.08. The van der Waals surface area contributed by atoms with E-state index in [2.05, 4.69) is 22.8 Å². The first-order chi connectivity index (χ1) is 8.70. The van der Waals surface area contributed by atoms with Crippen LogP contribution in [0.5, 0.6) is 0 Å². The second kappa shape index (κ2) is 4.90. The van der Waals surface area contributed by atoms with E-state index in [1.54, 1.807) is 0 Å². The summed E-state index contributed by atoms with van der Waals surface area (Å²) in [5.41, 5.74) is 0.929. The number of hydrogen-bond donors (Lipinski definition) is 2. The topological polar surface area (TPSA) is 24.1 Å². The molecular weight excluding hydrogens is 264 g/mol. The molecule has 2 aliphatic rings. The molecule has 0 aromatic heterocycles. The maximum absolute atomic E-state index is 5.94. The Morgan fingerprint density at radius 3 is 2.83 bits per heavy atom. The highest BCUT2D eigenvalue weighted by atomic mass is 35.5. The summed E-state index contributed by atoms with van der Waals surface area (Å²) in [7, 11) is 0. The lowest BCUT2D eigenvalue weighted by atomic mass is 10.0. The Morgan fingerprint density at radius 2 is 2.17 bits per heavy atom. The van der Waals surface area contributed by atoms with Crippen LogP contribution in [0.2, 0.25) is 5.02 Å². The normalized spacial score (nSPS) is 28.4. The van der Waals surface area contributed by atoms with Gasteiger partial charge < -0.3 is 10.6 Å². The second-order valence-electron chi connectivity index (χ2n) is 5.00. The van der Waals surface area contributed by atoms with E-state index in [0.717, 1.165) is 11.6 Å². The van der Waals surface area contributed by atoms with Gasteiger partial charge in [0.25, 0.3) is 0 Å². The zero-order chi connectivity index (χ0) is 12.5. The summed E-state index contributed by atoms with van der Waals surface area (Å²) in [6.45, 7) is 0. The number of fused-ring (bicyclic) bond motifs is 2. The number of rotatable bonds is 2. The van der Waals surface area contributed by atoms with Crippen LogP contribution in [0.1, 0.15) is 12.8 Å². The lowest BCUT2D eigenvalue weighted by molar-refractivity contribution is 0.526. The molecule has 0 saturated heterocycles. The monoisotopic (exact) mass is 278 g/mol. The number of thiocarbonyl (C=S) groups is 1. The third-order valence-corrected chi connectivity index (χ3v) is 4.13. The van der Waals surface area contributed by atoms with E-state index >= 15 is 0 Å². The number of hydrogen-bond acceptors (Lipinski definition) is 1. The van der Waals surface area contributed by atoms with Gasteiger partial charge in [-0.05, 0) is 55.1 Å². The van der Waals surface area contributed by atoms with Gasteiger partial charge in [0, 0.05) is 16.8 Å². The van der Waals surface area contributed by atoms with E-state index < -0.39 is 0 Å². The van der Waals surface area contributed by atoms with Crippen LogP contribution in [0.15, 0.2) is 36.4 Å². The lowest BCUT2D eigenvalue weighted by Crippen LogP contribution is -2.40. The Balaban J connectivity index is 1.58. The van der Waals surface area contributed by atoms with Gasteiger partial charge in [-0.2, -0.15) is 0 Å². The zero-order valence-corrected chi connectivity index (χ0v) is 11.5. The van der Waals surface area contributed by atoms with Gasteiger partial charge in [-0.3, -0.25) is 0 Å². The maximum Gasteiger partial charge on any atom is 0.171 e. The molecule has 0 unspecified atom stereocenters. The molecule has 2 nitrogen and oxygen atoms in total. The minimum absolute atomic E-state index is 0.485. The maximum atomic E-state index is 5.94. The molecule has 0 spiro atoms. The molecule has 3 rings (SSSR count). The van der Waals surface area contributed by atoms with Crippen LogP contribution in [-0.4, -0.2) is 11.2 Å². The average Bonchev–Trinajstić information content (AvgIpc) is 2.90. The first-order valence-corrected chi connectivity index (χ1v) is 7.01. The van der Waals surface area contributed by atoms with E-state index in [1.165, 1.54) is 12.8 Å². The smallest absolute Gasteiger partial charge is 0.171 e. The summed E-state index contributed by atoms with van der Waals surface area (Å²) in [4.78, 5) is 0. The van der Waals surface area contributed by atoms with E-state index in [9.17, 15) is 0 Å². The van der Waals surface area contributed by atoms with E-state index in [0.29, 0.717) is 22.1 Å². The lowest BCUT2D eigenvalue weighted by Gasteiger charge is -2.21. The van der Waals surface area contributed by atoms with Crippen molar-refractivity contribution in [3.05, 3.63) is 41.4 Å². The molecule has 0 amide bonds. The Morgan fingerprint density at radius 1 is 1.28 bits per heavy atom. The number of anilines is 1. The molecule has 0 aliphatic heterocycles. The predicted octanol–water partition coefficient (Wildman–Crippen LogP) is 3.59. The Labute approximate surface area is 117 Å². The van der Waals surface area contributed by atoms with Crippen LogP contribution in [0.25, 0.3) is 0 Å². The molecule has 18 heavy (non-hydrogen) atoms. The fourth-order valence-corrected chi connectivity index (χ4v) is 3.31. The van der Waals surface area contributed by atoms with Crippen molar-refractivity contribution in [1.29, 1.82) is 0 Å². The minimum Gasteiger partial charge on any atom is -0.359 e. The molecule has 0 heterocycles. The van der Waals surface area contributed by atoms with Crippen LogP contribution >= 0.6 is 23.8 Å². The largest absolute Gasteiger partial charge is 0.359 e. The van der Waals surface area contributed by atoms with Gasteiger partial charge in [-0.15, -0.1) is 0 Å². The highest BCUT2D eigenvalue weighted by Gasteiger charge is 2.35. The van der Waals surface area contributed by atoms with Crippen LogP contribution in [-0.2, 0) is 0 Å². The third kappa shape index (κ3) is 2.52. The third-order valence-electron chi connectivity index (χ3n) is 3.68. The van der Waals surface area contributed by atoms with Gasteiger partial charge in [0.15, 0.2) is 5.11 Å². The van der Waals surface area contributed by atoms with Crippen molar-refractivity contribution in [2.75, 3.05) is 5.32 Å². The number of halogens is 1. The molecule has 1 fully saturated rings. The van der Waals surface area contributed by atoms with Crippen molar-refractivity contribution in [3.63, 3.8) is 0 Å². The van der Waals surface area contributed by atoms with Crippen molar-refractivity contribution in [1.82, 2.24) is 5.32 Å². The molecule has 1 aromatic rings. The minimum atomic E-state index is 0.485. The van der Waals surface area contributed by atoms with Crippen LogP contribution < -0.4 is 10.6 Å². The molecule has 4 heteroatoms. The standard InChI is InChI=1S/C14H15ClN2S/c15-11-2-1-3-12(8-11)16-14(18)17-13-7-9-4-5-10(13)6-9/h1-5,8-10,13H,6-7H2,(H2,16,17,18)/t9-,10-,13-/m1/s1. The Kier molecular flexibility index (Phi) is 3.27. The van der Waals surface area contributed by atoms with Crippen LogP contribution in [0, 0.1) is 11.8 Å². The first kappa shape index (κ1) is 12.0. The average molecular weight is 279 g/mol. The molecule has 3 atom stereocenters. The summed E-state index contributed by atoms with van der Waals surface area (Å²) in [5.74, 6) is 1.40. The summed E-state index contributed by atoms with van der Waals surface area (Å²) < 4.78 is 0. The first-order valence-electron chi connectivity index (χ1n) is 6.22. The highest BCUT2D eigenvalue weighted by molar-refractivity contribution is 7.80. The van der Waals surface area contributed by atoms with Crippen molar-refractivity contribution in [3.8, 4) is 0 Å². The summed E-state index contributed by atoms with van der Waals surface area (Å²) in [6.07, 6.45) is 7.11. The predicted molar refractivity (Wildman–Crippen MR) is 80.0 cm³/mol. The second-order valence-corrected chi connectivity index (χ2v) is 5.84. The molecule has 2 aliphatic carbocycles. The van der Waals surface area contributed by atoms with Gasteiger partial charge in [0.2, 0.25) is 0 Å². The van der Waals surface area contributed by atoms with Gasteiger partial charge >= 0.3 is 0 Å². The Hall–Kier alpha value is -1.06. The van der Waals surface area contributed by atoms with Crippen molar-refractivity contribution < 1.29 is 0 Å². The van der Waals surface area contributed by atoms with Crippen molar-refractivity contribution in [2.45, 2.75) is 18.9 Å². The fraction of sp³-hybridized carbons (Fsp3) is 0.357. The molecule has 2 bridgehead atoms. The molecular formula is C14H15ClN2S. The molecule has 1 aromatic carbocycles. The highest BCUT2D eigenvalue weighted by Crippen LogP contribution is 2.38. The molecule has 0 radical (unpaired) electrons. The van der Waals surface area contributed by atoms with Crippen LogP contribution in [0.4, 0.5) is 5.69 Å². The number of nitrogens with one attached hydrogen (secondary N) is 2. The van der Waals surface area contributed by atoms with E-state index in [1.807, 2.05) is 24.3 Å². The summed E-state index contributed by atoms with van der Waals surface area (Å²) in [5, 5.41) is 7.98. The van der Waals surface area contributed by atoms with Gasteiger partial charge in [0.1, 0.15) is 0 Å². The Bertz CT molecular complexity index is 500. The SMILES string of the molecule is S=C(Nc1cccc(Cl)c1)N[C@@H]1C[C@@H]2C=C[C@@H]1C2. The van der Waals surface area contributed by atoms with Crippen molar-refractivity contribution >= 4 is 34.6 Å². The molecule has 94 valence electrons. The molecule has 1 saturated carbocycles. The number of benzene rings is 1. The fourth-order valence-electron chi connectivity index (χ4n) is 2.85. The quantitative estimate of drug-likeness (QED) is 0.639. The summed E-state index contributed by atoms with van der Waals surface area (Å²) >= 11 is 11.3. The van der Waals surface area contributed by atoms with Crippen molar-refractivity contribution in [2.24, 2.45) is 11.8 Å². The van der Waals surface area contributed by atoms with Gasteiger partial charge in [-0.1, -0.05) is 29.8 Å². The van der Waals surface area contributed by atoms with E-state index in [4.69, 9.17) is 23.8 Å². The number of allylic oxidation sites excluding steroid dienone is 1. The zero-order valence-electron chi connectivity index (χ0n) is 9.90. The van der Waals surface area contributed by atoms with Gasteiger partial charge in [0.05, 0.1) is 0 Å². The van der Waals surface area contributed by atoms with Crippen LogP contribution in [0.3, 0.4) is 0 Å². The van der Waals surface area contributed by atoms with E-state index in [-0.39, 0.29) is 0 Å².